The summed E-state index contributed by atoms with van der Waals surface area (Å²) in [7, 11) is 1.96. The molecule has 1 aromatic rings. The number of likely N-dealkylation sites (N-methyl/N-ethyl adjacent to an activating group) is 1. The van der Waals surface area contributed by atoms with Gasteiger partial charge in [-0.25, -0.2) is 0 Å². The van der Waals surface area contributed by atoms with E-state index in [0.29, 0.717) is 19.4 Å². The fourth-order valence-electron chi connectivity index (χ4n) is 1.91. The first-order chi connectivity index (χ1) is 8.50. The minimum absolute atomic E-state index is 0.158. The molecular formula is C14H21NO3. The predicted molar refractivity (Wildman–Crippen MR) is 70.4 cm³/mol. The van der Waals surface area contributed by atoms with Gasteiger partial charge in [0.1, 0.15) is 12.4 Å². The lowest BCUT2D eigenvalue weighted by Gasteiger charge is -2.30. The Hall–Kier alpha value is -1.42. The normalized spacial score (nSPS) is 15.6. The average Bonchev–Trinajstić information content (AvgIpc) is 2.75. The Morgan fingerprint density at radius 1 is 1.28 bits per heavy atom. The molecule has 0 spiro atoms. The Kier molecular flexibility index (Phi) is 3.66. The molecule has 1 unspecified atom stereocenters. The number of rotatable bonds is 4. The molecule has 2 rings (SSSR count). The summed E-state index contributed by atoms with van der Waals surface area (Å²) in [5.41, 5.74) is 0.158. The molecular weight excluding hydrogens is 230 g/mol. The van der Waals surface area contributed by atoms with Crippen molar-refractivity contribution in [2.24, 2.45) is 5.41 Å². The third-order valence-electron chi connectivity index (χ3n) is 3.15. The molecule has 0 aliphatic carbocycles. The van der Waals surface area contributed by atoms with E-state index in [4.69, 9.17) is 14.2 Å². The smallest absolute Gasteiger partial charge is 0.231 e. The van der Waals surface area contributed by atoms with Crippen molar-refractivity contribution in [1.82, 2.24) is 5.32 Å². The van der Waals surface area contributed by atoms with Crippen LogP contribution in [0.15, 0.2) is 18.2 Å². The molecule has 0 radical (unpaired) electrons. The van der Waals surface area contributed by atoms with Crippen molar-refractivity contribution in [1.29, 1.82) is 0 Å². The standard InChI is InChI=1S/C14H21NO3/c1-14(2,3)13(15-4)8-16-10-5-6-11-12(7-10)18-9-17-11/h5-7,13,15H,8-9H2,1-4H3. The maximum Gasteiger partial charge on any atom is 0.231 e. The second kappa shape index (κ2) is 5.06. The highest BCUT2D eigenvalue weighted by Gasteiger charge is 2.23. The molecule has 18 heavy (non-hydrogen) atoms. The van der Waals surface area contributed by atoms with E-state index >= 15 is 0 Å². The molecule has 1 aliphatic heterocycles. The topological polar surface area (TPSA) is 39.7 Å². The maximum absolute atomic E-state index is 5.81. The maximum atomic E-state index is 5.81. The number of hydrogen-bond acceptors (Lipinski definition) is 4. The number of ether oxygens (including phenoxy) is 3. The summed E-state index contributed by atoms with van der Waals surface area (Å²) in [6, 6.07) is 5.95. The zero-order valence-corrected chi connectivity index (χ0v) is 11.4. The molecule has 4 nitrogen and oxygen atoms in total. The summed E-state index contributed by atoms with van der Waals surface area (Å²) in [5, 5.41) is 3.28. The Balaban J connectivity index is 1.98. The molecule has 1 heterocycles. The lowest BCUT2D eigenvalue weighted by molar-refractivity contribution is 0.172. The first-order valence-corrected chi connectivity index (χ1v) is 6.20. The monoisotopic (exact) mass is 251 g/mol. The first-order valence-electron chi connectivity index (χ1n) is 6.20. The molecule has 0 aromatic heterocycles. The van der Waals surface area contributed by atoms with E-state index in [1.165, 1.54) is 0 Å². The summed E-state index contributed by atoms with van der Waals surface area (Å²) in [5.74, 6) is 2.34. The SMILES string of the molecule is CNC(COc1ccc2c(c1)OCO2)C(C)(C)C. The largest absolute Gasteiger partial charge is 0.492 e. The molecule has 4 heteroatoms. The summed E-state index contributed by atoms with van der Waals surface area (Å²) in [6.07, 6.45) is 0. The van der Waals surface area contributed by atoms with E-state index < -0.39 is 0 Å². The van der Waals surface area contributed by atoms with Crippen LogP contribution >= 0.6 is 0 Å². The van der Waals surface area contributed by atoms with Gasteiger partial charge < -0.3 is 19.5 Å². The Bertz CT molecular complexity index is 412. The predicted octanol–water partition coefficient (Wildman–Crippen LogP) is 2.43. The molecule has 1 aromatic carbocycles. The number of hydrogen-bond donors (Lipinski definition) is 1. The van der Waals surface area contributed by atoms with Crippen LogP contribution in [0.4, 0.5) is 0 Å². The van der Waals surface area contributed by atoms with Crippen LogP contribution in [-0.2, 0) is 0 Å². The van der Waals surface area contributed by atoms with Gasteiger partial charge in [0.15, 0.2) is 11.5 Å². The molecule has 0 saturated heterocycles. The minimum Gasteiger partial charge on any atom is -0.492 e. The van der Waals surface area contributed by atoms with Crippen LogP contribution in [-0.4, -0.2) is 26.5 Å². The van der Waals surface area contributed by atoms with Crippen molar-refractivity contribution in [3.63, 3.8) is 0 Å². The fourth-order valence-corrected chi connectivity index (χ4v) is 1.91. The van der Waals surface area contributed by atoms with Crippen molar-refractivity contribution in [3.05, 3.63) is 18.2 Å². The molecule has 1 atom stereocenters. The van der Waals surface area contributed by atoms with Crippen LogP contribution in [0.5, 0.6) is 17.2 Å². The summed E-state index contributed by atoms with van der Waals surface area (Å²) in [6.45, 7) is 7.49. The number of nitrogens with one attached hydrogen (secondary N) is 1. The lowest BCUT2D eigenvalue weighted by atomic mass is 9.87. The van der Waals surface area contributed by atoms with Gasteiger partial charge >= 0.3 is 0 Å². The van der Waals surface area contributed by atoms with Gasteiger partial charge in [-0.1, -0.05) is 20.8 Å². The van der Waals surface area contributed by atoms with Crippen molar-refractivity contribution >= 4 is 0 Å². The van der Waals surface area contributed by atoms with E-state index in [9.17, 15) is 0 Å². The third kappa shape index (κ3) is 2.88. The molecule has 0 fully saturated rings. The van der Waals surface area contributed by atoms with E-state index in [1.807, 2.05) is 25.2 Å². The van der Waals surface area contributed by atoms with Crippen LogP contribution in [0.3, 0.4) is 0 Å². The van der Waals surface area contributed by atoms with Crippen LogP contribution < -0.4 is 19.5 Å². The highest BCUT2D eigenvalue weighted by atomic mass is 16.7. The van der Waals surface area contributed by atoms with E-state index in [0.717, 1.165) is 17.2 Å². The Labute approximate surface area is 108 Å². The van der Waals surface area contributed by atoms with Crippen LogP contribution in [0.1, 0.15) is 20.8 Å². The van der Waals surface area contributed by atoms with Crippen molar-refractivity contribution < 1.29 is 14.2 Å². The summed E-state index contributed by atoms with van der Waals surface area (Å²) < 4.78 is 16.4. The fraction of sp³-hybridized carbons (Fsp3) is 0.571. The van der Waals surface area contributed by atoms with Gasteiger partial charge in [-0.2, -0.15) is 0 Å². The zero-order chi connectivity index (χ0) is 13.2. The summed E-state index contributed by atoms with van der Waals surface area (Å²) in [4.78, 5) is 0. The van der Waals surface area contributed by atoms with Crippen molar-refractivity contribution in [2.45, 2.75) is 26.8 Å². The van der Waals surface area contributed by atoms with Gasteiger partial charge in [0, 0.05) is 12.1 Å². The summed E-state index contributed by atoms with van der Waals surface area (Å²) >= 11 is 0. The second-order valence-electron chi connectivity index (χ2n) is 5.53. The average molecular weight is 251 g/mol. The molecule has 100 valence electrons. The van der Waals surface area contributed by atoms with Crippen LogP contribution in [0, 0.1) is 5.41 Å². The van der Waals surface area contributed by atoms with E-state index in [-0.39, 0.29) is 5.41 Å². The van der Waals surface area contributed by atoms with Crippen molar-refractivity contribution in [2.75, 3.05) is 20.4 Å². The number of benzene rings is 1. The zero-order valence-electron chi connectivity index (χ0n) is 11.4. The van der Waals surface area contributed by atoms with Gasteiger partial charge in [0.2, 0.25) is 6.79 Å². The molecule has 1 N–H and O–H groups in total. The molecule has 0 saturated carbocycles. The van der Waals surface area contributed by atoms with Gasteiger partial charge in [0.05, 0.1) is 0 Å². The number of fused-ring (bicyclic) bond motifs is 1. The van der Waals surface area contributed by atoms with Crippen LogP contribution in [0.2, 0.25) is 0 Å². The van der Waals surface area contributed by atoms with Gasteiger partial charge in [0.25, 0.3) is 0 Å². The quantitative estimate of drug-likeness (QED) is 0.892. The van der Waals surface area contributed by atoms with Gasteiger partial charge in [-0.05, 0) is 24.6 Å². The van der Waals surface area contributed by atoms with Gasteiger partial charge in [-0.15, -0.1) is 0 Å². The van der Waals surface area contributed by atoms with E-state index in [2.05, 4.69) is 26.1 Å². The highest BCUT2D eigenvalue weighted by molar-refractivity contribution is 5.46. The van der Waals surface area contributed by atoms with E-state index in [1.54, 1.807) is 0 Å². The molecule has 0 bridgehead atoms. The van der Waals surface area contributed by atoms with Gasteiger partial charge in [-0.3, -0.25) is 0 Å². The minimum atomic E-state index is 0.158. The Morgan fingerprint density at radius 2 is 2.00 bits per heavy atom. The van der Waals surface area contributed by atoms with Crippen LogP contribution in [0.25, 0.3) is 0 Å². The molecule has 1 aliphatic rings. The lowest BCUT2D eigenvalue weighted by Crippen LogP contribution is -2.42. The molecule has 0 amide bonds. The second-order valence-corrected chi connectivity index (χ2v) is 5.53. The highest BCUT2D eigenvalue weighted by Crippen LogP contribution is 2.35. The van der Waals surface area contributed by atoms with Crippen molar-refractivity contribution in [3.8, 4) is 17.2 Å². The first kappa shape index (κ1) is 13.0. The third-order valence-corrected chi connectivity index (χ3v) is 3.15. The Morgan fingerprint density at radius 3 is 2.67 bits per heavy atom.